The topological polar surface area (TPSA) is 83.8 Å². The first kappa shape index (κ1) is 7.30. The van der Waals surface area contributed by atoms with E-state index < -0.39 is 0 Å². The van der Waals surface area contributed by atoms with Gasteiger partial charge in [0.2, 0.25) is 5.88 Å². The predicted molar refractivity (Wildman–Crippen MR) is 37.4 cm³/mol. The van der Waals surface area contributed by atoms with Crippen LogP contribution in [0.2, 0.25) is 0 Å². The molecule has 0 saturated carbocycles. The van der Waals surface area contributed by atoms with Crippen molar-refractivity contribution >= 4 is 5.82 Å². The van der Waals surface area contributed by atoms with Crippen LogP contribution in [-0.2, 0) is 0 Å². The number of methoxy groups -OCH3 is 1. The molecule has 0 N–H and O–H groups in total. The quantitative estimate of drug-likeness (QED) is 0.364. The molecule has 11 heavy (non-hydrogen) atoms. The summed E-state index contributed by atoms with van der Waals surface area (Å²) >= 11 is 0. The molecule has 0 atom stereocenters. The van der Waals surface area contributed by atoms with Crippen LogP contribution in [0.4, 0.5) is 5.82 Å². The second kappa shape index (κ2) is 3.38. The molecule has 6 nitrogen and oxygen atoms in total. The number of aromatic nitrogens is 2. The molecule has 0 fully saturated rings. The Morgan fingerprint density at radius 2 is 2.45 bits per heavy atom. The summed E-state index contributed by atoms with van der Waals surface area (Å²) in [5.74, 6) is 0.529. The molecule has 0 spiro atoms. The third-order valence-electron chi connectivity index (χ3n) is 0.956. The van der Waals surface area contributed by atoms with Gasteiger partial charge in [0.1, 0.15) is 5.82 Å². The number of nitrogens with zero attached hydrogens (tertiary/aromatic N) is 5. The zero-order valence-corrected chi connectivity index (χ0v) is 5.80. The van der Waals surface area contributed by atoms with E-state index in [9.17, 15) is 0 Å². The maximum absolute atomic E-state index is 8.03. The lowest BCUT2D eigenvalue weighted by Gasteiger charge is -1.95. The lowest BCUT2D eigenvalue weighted by atomic mass is 10.7. The van der Waals surface area contributed by atoms with Crippen LogP contribution in [0.25, 0.3) is 10.4 Å². The van der Waals surface area contributed by atoms with Gasteiger partial charge in [-0.3, -0.25) is 4.98 Å². The summed E-state index contributed by atoms with van der Waals surface area (Å²) in [6, 6.07) is 0. The predicted octanol–water partition coefficient (Wildman–Crippen LogP) is 1.43. The smallest absolute Gasteiger partial charge is 0.232 e. The molecule has 1 aromatic heterocycles. The van der Waals surface area contributed by atoms with Crippen molar-refractivity contribution < 1.29 is 4.74 Å². The first-order chi connectivity index (χ1) is 5.36. The van der Waals surface area contributed by atoms with Crippen LogP contribution >= 0.6 is 0 Å². The molecule has 0 aliphatic rings. The second-order valence-corrected chi connectivity index (χ2v) is 1.61. The van der Waals surface area contributed by atoms with E-state index in [0.717, 1.165) is 0 Å². The fraction of sp³-hybridized carbons (Fsp3) is 0.200. The Morgan fingerprint density at radius 1 is 1.64 bits per heavy atom. The third-order valence-corrected chi connectivity index (χ3v) is 0.956. The zero-order valence-electron chi connectivity index (χ0n) is 5.80. The van der Waals surface area contributed by atoms with E-state index in [-0.39, 0.29) is 5.82 Å². The van der Waals surface area contributed by atoms with E-state index in [1.54, 1.807) is 0 Å². The summed E-state index contributed by atoms with van der Waals surface area (Å²) in [7, 11) is 1.46. The Labute approximate surface area is 62.5 Å². The highest BCUT2D eigenvalue weighted by molar-refractivity contribution is 5.25. The normalized spacial score (nSPS) is 8.45. The molecule has 6 heteroatoms. The summed E-state index contributed by atoms with van der Waals surface area (Å²) in [4.78, 5) is 10.0. The van der Waals surface area contributed by atoms with Gasteiger partial charge >= 0.3 is 0 Å². The molecular formula is C5H5N5O. The molecular weight excluding hydrogens is 146 g/mol. The highest BCUT2D eigenvalue weighted by atomic mass is 16.5. The van der Waals surface area contributed by atoms with E-state index >= 15 is 0 Å². The third kappa shape index (κ3) is 1.80. The summed E-state index contributed by atoms with van der Waals surface area (Å²) in [5, 5.41) is 3.24. The maximum Gasteiger partial charge on any atom is 0.232 e. The van der Waals surface area contributed by atoms with Crippen LogP contribution in [0.15, 0.2) is 17.5 Å². The summed E-state index contributed by atoms with van der Waals surface area (Å²) in [5.41, 5.74) is 8.03. The second-order valence-electron chi connectivity index (χ2n) is 1.61. The first-order valence-corrected chi connectivity index (χ1v) is 2.78. The molecule has 0 radical (unpaired) electrons. The van der Waals surface area contributed by atoms with Gasteiger partial charge in [-0.1, -0.05) is 0 Å². The van der Waals surface area contributed by atoms with Gasteiger partial charge in [-0.05, 0) is 10.6 Å². The van der Waals surface area contributed by atoms with Gasteiger partial charge in [-0.25, -0.2) is 4.98 Å². The minimum absolute atomic E-state index is 0.201. The lowest BCUT2D eigenvalue weighted by molar-refractivity contribution is 0.396. The Bertz CT molecular complexity index is 293. The minimum Gasteiger partial charge on any atom is -0.480 e. The lowest BCUT2D eigenvalue weighted by Crippen LogP contribution is -1.87. The Balaban J connectivity index is 3.00. The van der Waals surface area contributed by atoms with Crippen molar-refractivity contribution in [2.24, 2.45) is 5.11 Å². The van der Waals surface area contributed by atoms with Crippen LogP contribution in [0.3, 0.4) is 0 Å². The minimum atomic E-state index is 0.201. The van der Waals surface area contributed by atoms with Crippen LogP contribution in [-0.4, -0.2) is 17.1 Å². The monoisotopic (exact) mass is 151 g/mol. The van der Waals surface area contributed by atoms with E-state index in [1.165, 1.54) is 19.5 Å². The molecule has 0 bridgehead atoms. The molecule has 0 aliphatic heterocycles. The van der Waals surface area contributed by atoms with Crippen LogP contribution in [0.5, 0.6) is 5.88 Å². The summed E-state index contributed by atoms with van der Waals surface area (Å²) in [6.45, 7) is 0. The van der Waals surface area contributed by atoms with Gasteiger partial charge < -0.3 is 4.74 Å². The number of rotatable bonds is 2. The van der Waals surface area contributed by atoms with Crippen molar-refractivity contribution in [1.82, 2.24) is 9.97 Å². The fourth-order valence-corrected chi connectivity index (χ4v) is 0.531. The average molecular weight is 151 g/mol. The number of hydrogen-bond acceptors (Lipinski definition) is 4. The summed E-state index contributed by atoms with van der Waals surface area (Å²) < 4.78 is 4.74. The van der Waals surface area contributed by atoms with Crippen molar-refractivity contribution in [2.45, 2.75) is 0 Å². The van der Waals surface area contributed by atoms with Gasteiger partial charge in [-0.15, -0.1) is 0 Å². The zero-order chi connectivity index (χ0) is 8.10. The van der Waals surface area contributed by atoms with Crippen molar-refractivity contribution in [3.63, 3.8) is 0 Å². The van der Waals surface area contributed by atoms with Crippen LogP contribution in [0, 0.1) is 0 Å². The SMILES string of the molecule is COc1cncc(N=[N+]=[N-])n1. The Kier molecular flexibility index (Phi) is 2.24. The highest BCUT2D eigenvalue weighted by Gasteiger charge is 1.93. The van der Waals surface area contributed by atoms with Crippen LogP contribution < -0.4 is 4.74 Å². The number of azide groups is 1. The van der Waals surface area contributed by atoms with Crippen molar-refractivity contribution in [3.8, 4) is 5.88 Å². The van der Waals surface area contributed by atoms with Gasteiger partial charge in [0, 0.05) is 4.91 Å². The van der Waals surface area contributed by atoms with Crippen LogP contribution in [0.1, 0.15) is 0 Å². The fourth-order valence-electron chi connectivity index (χ4n) is 0.531. The first-order valence-electron chi connectivity index (χ1n) is 2.78. The van der Waals surface area contributed by atoms with Gasteiger partial charge in [0.25, 0.3) is 0 Å². The molecule has 1 aromatic rings. The van der Waals surface area contributed by atoms with Crippen molar-refractivity contribution in [3.05, 3.63) is 22.8 Å². The van der Waals surface area contributed by atoms with E-state index in [1.807, 2.05) is 0 Å². The molecule has 56 valence electrons. The largest absolute Gasteiger partial charge is 0.480 e. The van der Waals surface area contributed by atoms with E-state index in [2.05, 4.69) is 20.0 Å². The molecule has 1 rings (SSSR count). The van der Waals surface area contributed by atoms with Crippen molar-refractivity contribution in [1.29, 1.82) is 0 Å². The molecule has 0 amide bonds. The highest BCUT2D eigenvalue weighted by Crippen LogP contribution is 2.10. The van der Waals surface area contributed by atoms with E-state index in [4.69, 9.17) is 10.3 Å². The molecule has 0 aliphatic carbocycles. The van der Waals surface area contributed by atoms with Crippen molar-refractivity contribution in [2.75, 3.05) is 7.11 Å². The molecule has 0 unspecified atom stereocenters. The average Bonchev–Trinajstić information content (AvgIpc) is 2.06. The molecule has 0 aromatic carbocycles. The standard InChI is InChI=1S/C5H5N5O/c1-11-5-3-7-2-4(8-5)9-10-6/h2-3H,1H3. The van der Waals surface area contributed by atoms with E-state index in [0.29, 0.717) is 5.88 Å². The Hall–Kier alpha value is -1.81. The molecule has 0 saturated heterocycles. The summed E-state index contributed by atoms with van der Waals surface area (Å²) in [6.07, 6.45) is 2.78. The molecule has 1 heterocycles. The number of ether oxygens (including phenoxy) is 1. The van der Waals surface area contributed by atoms with Gasteiger partial charge in [-0.2, -0.15) is 0 Å². The number of hydrogen-bond donors (Lipinski definition) is 0. The van der Waals surface area contributed by atoms with Gasteiger partial charge in [0.05, 0.1) is 19.5 Å². The van der Waals surface area contributed by atoms with Gasteiger partial charge in [0.15, 0.2) is 0 Å². The Morgan fingerprint density at radius 3 is 3.09 bits per heavy atom. The maximum atomic E-state index is 8.03.